The predicted molar refractivity (Wildman–Crippen MR) is 120 cm³/mol. The number of nitrogens with zero attached hydrogens (tertiary/aromatic N) is 1. The van der Waals surface area contributed by atoms with Crippen molar-refractivity contribution in [1.29, 1.82) is 0 Å². The van der Waals surface area contributed by atoms with Crippen LogP contribution in [-0.2, 0) is 4.79 Å². The number of rotatable bonds is 5. The SMILES string of the molecule is Cc1cc(NC(=O)CCN2CCCCC2)cc(-c2cc3ccccc3s2)c1N. The smallest absolute Gasteiger partial charge is 0.225 e. The zero-order valence-corrected chi connectivity index (χ0v) is 17.1. The van der Waals surface area contributed by atoms with Crippen LogP contribution in [0.2, 0.25) is 0 Å². The van der Waals surface area contributed by atoms with Gasteiger partial charge in [0.1, 0.15) is 0 Å². The average Bonchev–Trinajstić information content (AvgIpc) is 3.14. The van der Waals surface area contributed by atoms with E-state index in [0.29, 0.717) is 6.42 Å². The van der Waals surface area contributed by atoms with E-state index in [-0.39, 0.29) is 5.91 Å². The van der Waals surface area contributed by atoms with E-state index < -0.39 is 0 Å². The van der Waals surface area contributed by atoms with Gasteiger partial charge in [-0.1, -0.05) is 24.6 Å². The van der Waals surface area contributed by atoms with Gasteiger partial charge in [0, 0.05) is 39.5 Å². The Labute approximate surface area is 170 Å². The van der Waals surface area contributed by atoms with Crippen LogP contribution in [0.1, 0.15) is 31.2 Å². The first kappa shape index (κ1) is 19.0. The Balaban J connectivity index is 1.51. The Kier molecular flexibility index (Phi) is 5.64. The molecule has 2 heterocycles. The van der Waals surface area contributed by atoms with Crippen molar-refractivity contribution in [1.82, 2.24) is 4.90 Å². The van der Waals surface area contributed by atoms with Crippen LogP contribution in [0.15, 0.2) is 42.5 Å². The van der Waals surface area contributed by atoms with Crippen molar-refractivity contribution >= 4 is 38.7 Å². The van der Waals surface area contributed by atoms with Crippen LogP contribution >= 0.6 is 11.3 Å². The summed E-state index contributed by atoms with van der Waals surface area (Å²) in [6.45, 7) is 5.06. The molecule has 0 unspecified atom stereocenters. The number of likely N-dealkylation sites (tertiary alicyclic amines) is 1. The first-order valence-corrected chi connectivity index (χ1v) is 10.8. The topological polar surface area (TPSA) is 58.4 Å². The maximum Gasteiger partial charge on any atom is 0.225 e. The van der Waals surface area contributed by atoms with E-state index in [1.807, 2.05) is 25.1 Å². The number of hydrogen-bond acceptors (Lipinski definition) is 4. The Bertz CT molecular complexity index is 956. The van der Waals surface area contributed by atoms with E-state index in [4.69, 9.17) is 5.73 Å². The van der Waals surface area contributed by atoms with Crippen LogP contribution in [0.5, 0.6) is 0 Å². The van der Waals surface area contributed by atoms with Gasteiger partial charge in [-0.05, 0) is 68.1 Å². The molecule has 1 aliphatic heterocycles. The van der Waals surface area contributed by atoms with Crippen molar-refractivity contribution in [2.24, 2.45) is 0 Å². The molecule has 0 aliphatic carbocycles. The van der Waals surface area contributed by atoms with Gasteiger partial charge in [-0.3, -0.25) is 4.79 Å². The van der Waals surface area contributed by atoms with Gasteiger partial charge in [0.25, 0.3) is 0 Å². The molecular weight excluding hydrogens is 366 g/mol. The molecule has 0 spiro atoms. The van der Waals surface area contributed by atoms with Crippen molar-refractivity contribution < 1.29 is 4.79 Å². The Morgan fingerprint density at radius 3 is 2.71 bits per heavy atom. The fourth-order valence-electron chi connectivity index (χ4n) is 3.86. The van der Waals surface area contributed by atoms with E-state index in [1.54, 1.807) is 11.3 Å². The lowest BCUT2D eigenvalue weighted by molar-refractivity contribution is -0.116. The molecule has 0 saturated carbocycles. The molecule has 2 aromatic carbocycles. The molecule has 146 valence electrons. The van der Waals surface area contributed by atoms with E-state index in [1.165, 1.54) is 29.3 Å². The van der Waals surface area contributed by atoms with Gasteiger partial charge in [-0.25, -0.2) is 0 Å². The minimum atomic E-state index is 0.0667. The van der Waals surface area contributed by atoms with Gasteiger partial charge in [-0.2, -0.15) is 0 Å². The number of nitrogens with two attached hydrogens (primary N) is 1. The number of thiophene rings is 1. The van der Waals surface area contributed by atoms with Gasteiger partial charge in [0.2, 0.25) is 5.91 Å². The average molecular weight is 394 g/mol. The Morgan fingerprint density at radius 1 is 1.14 bits per heavy atom. The van der Waals surface area contributed by atoms with Crippen LogP contribution in [0.25, 0.3) is 20.5 Å². The number of piperidine rings is 1. The van der Waals surface area contributed by atoms with Crippen molar-refractivity contribution in [2.75, 3.05) is 30.7 Å². The lowest BCUT2D eigenvalue weighted by Gasteiger charge is -2.26. The number of fused-ring (bicyclic) bond motifs is 1. The predicted octanol–water partition coefficient (Wildman–Crippen LogP) is 5.27. The number of carbonyl (C=O) groups is 1. The summed E-state index contributed by atoms with van der Waals surface area (Å²) >= 11 is 1.73. The van der Waals surface area contributed by atoms with E-state index in [0.717, 1.165) is 47.0 Å². The third-order valence-electron chi connectivity index (χ3n) is 5.47. The van der Waals surface area contributed by atoms with Gasteiger partial charge in [0.05, 0.1) is 0 Å². The maximum absolute atomic E-state index is 12.5. The minimum Gasteiger partial charge on any atom is -0.398 e. The lowest BCUT2D eigenvalue weighted by atomic mass is 10.0. The summed E-state index contributed by atoms with van der Waals surface area (Å²) in [5.41, 5.74) is 9.96. The highest BCUT2D eigenvalue weighted by molar-refractivity contribution is 7.22. The number of nitrogen functional groups attached to an aromatic ring is 1. The fourth-order valence-corrected chi connectivity index (χ4v) is 4.95. The summed E-state index contributed by atoms with van der Waals surface area (Å²) in [5, 5.41) is 4.30. The first-order chi connectivity index (χ1) is 13.6. The number of nitrogens with one attached hydrogen (secondary N) is 1. The van der Waals surface area contributed by atoms with Gasteiger partial charge < -0.3 is 16.0 Å². The largest absolute Gasteiger partial charge is 0.398 e. The van der Waals surface area contributed by atoms with E-state index in [9.17, 15) is 4.79 Å². The summed E-state index contributed by atoms with van der Waals surface area (Å²) in [7, 11) is 0. The zero-order valence-electron chi connectivity index (χ0n) is 16.3. The number of amides is 1. The third-order valence-corrected chi connectivity index (χ3v) is 6.61. The monoisotopic (exact) mass is 393 g/mol. The second-order valence-corrected chi connectivity index (χ2v) is 8.69. The molecule has 0 radical (unpaired) electrons. The van der Waals surface area contributed by atoms with Crippen molar-refractivity contribution in [3.05, 3.63) is 48.0 Å². The molecular formula is C23H27N3OS. The van der Waals surface area contributed by atoms with Crippen molar-refractivity contribution in [3.8, 4) is 10.4 Å². The summed E-state index contributed by atoms with van der Waals surface area (Å²) in [4.78, 5) is 16.0. The summed E-state index contributed by atoms with van der Waals surface area (Å²) in [6, 6.07) is 14.5. The highest BCUT2D eigenvalue weighted by Crippen LogP contribution is 2.39. The molecule has 28 heavy (non-hydrogen) atoms. The molecule has 1 amide bonds. The molecule has 0 bridgehead atoms. The number of aryl methyl sites for hydroxylation is 1. The van der Waals surface area contributed by atoms with Crippen molar-refractivity contribution in [2.45, 2.75) is 32.6 Å². The quantitative estimate of drug-likeness (QED) is 0.580. The highest BCUT2D eigenvalue weighted by atomic mass is 32.1. The second-order valence-electron chi connectivity index (χ2n) is 7.60. The van der Waals surface area contributed by atoms with Gasteiger partial charge in [-0.15, -0.1) is 11.3 Å². The molecule has 1 fully saturated rings. The summed E-state index contributed by atoms with van der Waals surface area (Å²) < 4.78 is 1.24. The van der Waals surface area contributed by atoms with Crippen LogP contribution in [-0.4, -0.2) is 30.4 Å². The third kappa shape index (κ3) is 4.21. The zero-order chi connectivity index (χ0) is 19.5. The molecule has 1 saturated heterocycles. The molecule has 3 N–H and O–H groups in total. The Hall–Kier alpha value is -2.37. The summed E-state index contributed by atoms with van der Waals surface area (Å²) in [6.07, 6.45) is 4.34. The highest BCUT2D eigenvalue weighted by Gasteiger charge is 2.14. The number of anilines is 2. The van der Waals surface area contributed by atoms with Crippen LogP contribution < -0.4 is 11.1 Å². The number of carbonyl (C=O) groups excluding carboxylic acids is 1. The number of hydrogen-bond donors (Lipinski definition) is 2. The summed E-state index contributed by atoms with van der Waals surface area (Å²) in [5.74, 6) is 0.0667. The lowest BCUT2D eigenvalue weighted by Crippen LogP contribution is -2.32. The minimum absolute atomic E-state index is 0.0667. The van der Waals surface area contributed by atoms with Crippen molar-refractivity contribution in [3.63, 3.8) is 0 Å². The van der Waals surface area contributed by atoms with E-state index in [2.05, 4.69) is 34.5 Å². The first-order valence-electron chi connectivity index (χ1n) is 10.0. The number of benzene rings is 2. The molecule has 5 heteroatoms. The second kappa shape index (κ2) is 8.33. The van der Waals surface area contributed by atoms with E-state index >= 15 is 0 Å². The maximum atomic E-state index is 12.5. The molecule has 0 atom stereocenters. The Morgan fingerprint density at radius 2 is 1.93 bits per heavy atom. The molecule has 4 rings (SSSR count). The van der Waals surface area contributed by atoms with Crippen LogP contribution in [0, 0.1) is 6.92 Å². The molecule has 4 nitrogen and oxygen atoms in total. The van der Waals surface area contributed by atoms with Crippen LogP contribution in [0.3, 0.4) is 0 Å². The van der Waals surface area contributed by atoms with Crippen LogP contribution in [0.4, 0.5) is 11.4 Å². The fraction of sp³-hybridized carbons (Fsp3) is 0.348. The molecule has 3 aromatic rings. The standard InChI is InChI=1S/C23H27N3OS/c1-16-13-18(25-22(27)9-12-26-10-5-2-6-11-26)15-19(23(16)24)21-14-17-7-3-4-8-20(17)28-21/h3-4,7-8,13-15H,2,5-6,9-12,24H2,1H3,(H,25,27). The van der Waals surface area contributed by atoms with Gasteiger partial charge >= 0.3 is 0 Å². The molecule has 1 aliphatic rings. The normalized spacial score (nSPS) is 15.0. The molecule has 1 aromatic heterocycles. The van der Waals surface area contributed by atoms with Gasteiger partial charge in [0.15, 0.2) is 0 Å².